The molecule has 156 valence electrons. The molecule has 1 saturated heterocycles. The topological polar surface area (TPSA) is 63.7 Å². The molecule has 5 nitrogen and oxygen atoms in total. The summed E-state index contributed by atoms with van der Waals surface area (Å²) in [7, 11) is 0. The molecule has 0 bridgehead atoms. The Balaban J connectivity index is 1.78. The molecule has 1 atom stereocenters. The van der Waals surface area contributed by atoms with Crippen molar-refractivity contribution < 1.29 is 19.1 Å². The summed E-state index contributed by atoms with van der Waals surface area (Å²) < 4.78 is 5.36. The molecule has 5 heteroatoms. The van der Waals surface area contributed by atoms with Crippen LogP contribution in [0.3, 0.4) is 0 Å². The largest absolute Gasteiger partial charge is 0.466 e. The van der Waals surface area contributed by atoms with E-state index in [0.29, 0.717) is 31.4 Å². The van der Waals surface area contributed by atoms with Crippen molar-refractivity contribution in [3.05, 3.63) is 77.9 Å². The molecular weight excluding hydrogens is 378 g/mol. The van der Waals surface area contributed by atoms with Crippen molar-refractivity contribution in [2.75, 3.05) is 19.7 Å². The number of hydrogen-bond donors (Lipinski definition) is 0. The van der Waals surface area contributed by atoms with Gasteiger partial charge in [0, 0.05) is 18.7 Å². The Bertz CT molecular complexity index is 907. The molecule has 2 aromatic carbocycles. The Morgan fingerprint density at radius 3 is 2.37 bits per heavy atom. The van der Waals surface area contributed by atoms with E-state index in [0.717, 1.165) is 5.56 Å². The molecule has 0 spiro atoms. The van der Waals surface area contributed by atoms with Gasteiger partial charge >= 0.3 is 5.97 Å². The van der Waals surface area contributed by atoms with Crippen LogP contribution in [0.15, 0.2) is 66.7 Å². The number of ether oxygens (including phenoxy) is 1. The minimum absolute atomic E-state index is 0.183. The van der Waals surface area contributed by atoms with Crippen LogP contribution in [0.2, 0.25) is 0 Å². The zero-order chi connectivity index (χ0) is 21.4. The van der Waals surface area contributed by atoms with Gasteiger partial charge < -0.3 is 9.64 Å². The first-order valence-corrected chi connectivity index (χ1v) is 10.3. The molecule has 0 aliphatic carbocycles. The maximum absolute atomic E-state index is 12.9. The highest BCUT2D eigenvalue weighted by molar-refractivity contribution is 6.42. The van der Waals surface area contributed by atoms with Crippen LogP contribution in [0, 0.1) is 5.41 Å². The molecule has 0 N–H and O–H groups in total. The molecule has 1 amide bonds. The van der Waals surface area contributed by atoms with Gasteiger partial charge in [-0.05, 0) is 31.7 Å². The number of ketones is 1. The second-order valence-corrected chi connectivity index (χ2v) is 7.54. The number of benzene rings is 2. The van der Waals surface area contributed by atoms with Crippen LogP contribution in [0.5, 0.6) is 0 Å². The van der Waals surface area contributed by atoms with E-state index in [1.54, 1.807) is 37.3 Å². The summed E-state index contributed by atoms with van der Waals surface area (Å²) in [6.45, 7) is 2.69. The molecule has 1 heterocycles. The van der Waals surface area contributed by atoms with E-state index in [-0.39, 0.29) is 19.1 Å². The SMILES string of the molecule is CCOC(=O)[C@]1(C/C=C/c2ccccc2)CCCN(C(=O)C(=O)c2ccccc2)C1. The third-order valence-electron chi connectivity index (χ3n) is 5.42. The number of rotatable bonds is 7. The van der Waals surface area contributed by atoms with Crippen molar-refractivity contribution in [2.45, 2.75) is 26.2 Å². The van der Waals surface area contributed by atoms with Gasteiger partial charge in [-0.1, -0.05) is 72.8 Å². The lowest BCUT2D eigenvalue weighted by Gasteiger charge is -2.40. The van der Waals surface area contributed by atoms with Crippen LogP contribution in [0.4, 0.5) is 0 Å². The standard InChI is InChI=1S/C25H27NO4/c1-2-30-24(29)25(16-9-13-20-11-5-3-6-12-20)17-10-18-26(19-25)23(28)22(27)21-14-7-4-8-15-21/h3-9,11-15H,2,10,16-19H2,1H3/b13-9+/t25-/m1/s1. The Hall–Kier alpha value is -3.21. The molecule has 30 heavy (non-hydrogen) atoms. The van der Waals surface area contributed by atoms with E-state index < -0.39 is 17.1 Å². The quantitative estimate of drug-likeness (QED) is 0.394. The fourth-order valence-corrected chi connectivity index (χ4v) is 3.85. The van der Waals surface area contributed by atoms with Crippen molar-refractivity contribution in [2.24, 2.45) is 5.41 Å². The molecule has 1 aliphatic rings. The molecule has 0 radical (unpaired) electrons. The van der Waals surface area contributed by atoms with Crippen LogP contribution in [-0.2, 0) is 14.3 Å². The number of nitrogens with zero attached hydrogens (tertiary/aromatic N) is 1. The van der Waals surface area contributed by atoms with E-state index >= 15 is 0 Å². The Kier molecular flexibility index (Phi) is 7.17. The molecule has 0 aromatic heterocycles. The fourth-order valence-electron chi connectivity index (χ4n) is 3.85. The van der Waals surface area contributed by atoms with Crippen LogP contribution >= 0.6 is 0 Å². The number of piperidine rings is 1. The van der Waals surface area contributed by atoms with Crippen molar-refractivity contribution in [1.29, 1.82) is 0 Å². The van der Waals surface area contributed by atoms with Gasteiger partial charge in [0.15, 0.2) is 0 Å². The number of Topliss-reactive ketones (excluding diaryl/α,β-unsaturated/α-hetero) is 1. The summed E-state index contributed by atoms with van der Waals surface area (Å²) >= 11 is 0. The van der Waals surface area contributed by atoms with Gasteiger partial charge in [0.1, 0.15) is 0 Å². The Morgan fingerprint density at radius 2 is 1.70 bits per heavy atom. The molecule has 0 unspecified atom stereocenters. The first-order valence-electron chi connectivity index (χ1n) is 10.3. The second kappa shape index (κ2) is 10.0. The zero-order valence-corrected chi connectivity index (χ0v) is 17.3. The first kappa shape index (κ1) is 21.5. The summed E-state index contributed by atoms with van der Waals surface area (Å²) in [6.07, 6.45) is 5.64. The summed E-state index contributed by atoms with van der Waals surface area (Å²) in [5, 5.41) is 0. The summed E-state index contributed by atoms with van der Waals surface area (Å²) in [6, 6.07) is 18.4. The van der Waals surface area contributed by atoms with E-state index in [1.807, 2.05) is 42.5 Å². The number of esters is 1. The van der Waals surface area contributed by atoms with Crippen molar-refractivity contribution >= 4 is 23.7 Å². The molecule has 0 saturated carbocycles. The number of hydrogen-bond acceptors (Lipinski definition) is 4. The number of carbonyl (C=O) groups excluding carboxylic acids is 3. The van der Waals surface area contributed by atoms with E-state index in [9.17, 15) is 14.4 Å². The lowest BCUT2D eigenvalue weighted by molar-refractivity contribution is -0.160. The summed E-state index contributed by atoms with van der Waals surface area (Å²) in [4.78, 5) is 39.9. The molecule has 2 aromatic rings. The van der Waals surface area contributed by atoms with Gasteiger partial charge in [0.25, 0.3) is 5.91 Å². The van der Waals surface area contributed by atoms with E-state index in [1.165, 1.54) is 4.90 Å². The predicted octanol–water partition coefficient (Wildman–Crippen LogP) is 4.14. The predicted molar refractivity (Wildman–Crippen MR) is 116 cm³/mol. The minimum Gasteiger partial charge on any atom is -0.466 e. The highest BCUT2D eigenvalue weighted by Crippen LogP contribution is 2.36. The third kappa shape index (κ3) is 5.03. The molecule has 1 aliphatic heterocycles. The maximum Gasteiger partial charge on any atom is 0.314 e. The highest BCUT2D eigenvalue weighted by Gasteiger charge is 2.44. The number of likely N-dealkylation sites (tertiary alicyclic amines) is 1. The van der Waals surface area contributed by atoms with Crippen molar-refractivity contribution in [3.63, 3.8) is 0 Å². The van der Waals surface area contributed by atoms with Gasteiger partial charge in [-0.3, -0.25) is 14.4 Å². The van der Waals surface area contributed by atoms with Gasteiger partial charge in [-0.2, -0.15) is 0 Å². The van der Waals surface area contributed by atoms with Crippen molar-refractivity contribution in [3.8, 4) is 0 Å². The third-order valence-corrected chi connectivity index (χ3v) is 5.42. The van der Waals surface area contributed by atoms with Gasteiger partial charge in [0.05, 0.1) is 12.0 Å². The smallest absolute Gasteiger partial charge is 0.314 e. The van der Waals surface area contributed by atoms with E-state index in [2.05, 4.69) is 0 Å². The number of carbonyl (C=O) groups is 3. The lowest BCUT2D eigenvalue weighted by Crippen LogP contribution is -2.52. The normalized spacial score (nSPS) is 18.9. The summed E-state index contributed by atoms with van der Waals surface area (Å²) in [5.74, 6) is -1.43. The van der Waals surface area contributed by atoms with Crippen LogP contribution in [0.1, 0.15) is 42.1 Å². The lowest BCUT2D eigenvalue weighted by atomic mass is 9.76. The van der Waals surface area contributed by atoms with Crippen LogP contribution in [-0.4, -0.2) is 42.3 Å². The van der Waals surface area contributed by atoms with Crippen LogP contribution in [0.25, 0.3) is 6.08 Å². The van der Waals surface area contributed by atoms with Gasteiger partial charge in [0.2, 0.25) is 5.78 Å². The summed E-state index contributed by atoms with van der Waals surface area (Å²) in [5.41, 5.74) is 0.560. The van der Waals surface area contributed by atoms with Gasteiger partial charge in [-0.15, -0.1) is 0 Å². The Morgan fingerprint density at radius 1 is 1.03 bits per heavy atom. The average Bonchev–Trinajstić information content (AvgIpc) is 2.79. The molecular formula is C25H27NO4. The molecule has 3 rings (SSSR count). The highest BCUT2D eigenvalue weighted by atomic mass is 16.5. The minimum atomic E-state index is -0.841. The molecule has 1 fully saturated rings. The Labute approximate surface area is 177 Å². The second-order valence-electron chi connectivity index (χ2n) is 7.54. The monoisotopic (exact) mass is 405 g/mol. The zero-order valence-electron chi connectivity index (χ0n) is 17.3. The van der Waals surface area contributed by atoms with Crippen molar-refractivity contribution in [1.82, 2.24) is 4.90 Å². The first-order chi connectivity index (χ1) is 14.6. The number of amides is 1. The number of allylic oxidation sites excluding steroid dienone is 1. The fraction of sp³-hybridized carbons (Fsp3) is 0.320. The maximum atomic E-state index is 12.9. The average molecular weight is 405 g/mol. The van der Waals surface area contributed by atoms with Gasteiger partial charge in [-0.25, -0.2) is 0 Å². The van der Waals surface area contributed by atoms with Crippen LogP contribution < -0.4 is 0 Å². The van der Waals surface area contributed by atoms with E-state index in [4.69, 9.17) is 4.74 Å².